The molecule has 0 bridgehead atoms. The number of nitrogens with zero attached hydrogens (tertiary/aromatic N) is 2. The summed E-state index contributed by atoms with van der Waals surface area (Å²) in [6.07, 6.45) is 1.80. The molecule has 1 N–H and O–H groups in total. The van der Waals surface area contributed by atoms with Crippen molar-refractivity contribution in [2.45, 2.75) is 45.0 Å². The zero-order valence-corrected chi connectivity index (χ0v) is 11.6. The fourth-order valence-electron chi connectivity index (χ4n) is 3.15. The smallest absolute Gasteiger partial charge is 0.251 e. The number of rotatable bonds is 1. The Morgan fingerprint density at radius 1 is 1.40 bits per heavy atom. The molecule has 0 spiro atoms. The van der Waals surface area contributed by atoms with Crippen molar-refractivity contribution < 1.29 is 13.6 Å². The quantitative estimate of drug-likeness (QED) is 0.858. The number of hydrogen-bond donors (Lipinski definition) is 1. The molecule has 2 aliphatic rings. The van der Waals surface area contributed by atoms with Crippen LogP contribution in [0.3, 0.4) is 0 Å². The summed E-state index contributed by atoms with van der Waals surface area (Å²) >= 11 is 0. The van der Waals surface area contributed by atoms with E-state index in [1.165, 1.54) is 0 Å². The fraction of sp³-hybridized carbons (Fsp3) is 0.714. The third-order valence-corrected chi connectivity index (χ3v) is 4.32. The van der Waals surface area contributed by atoms with E-state index in [4.69, 9.17) is 0 Å². The maximum Gasteiger partial charge on any atom is 0.251 e. The third-order valence-electron chi connectivity index (χ3n) is 4.32. The highest BCUT2D eigenvalue weighted by Crippen LogP contribution is 2.30. The molecule has 0 radical (unpaired) electrons. The van der Waals surface area contributed by atoms with E-state index in [9.17, 15) is 13.6 Å². The second-order valence-corrected chi connectivity index (χ2v) is 5.87. The molecule has 0 aromatic carbocycles. The Morgan fingerprint density at radius 2 is 2.10 bits per heavy atom. The maximum atomic E-state index is 13.1. The van der Waals surface area contributed by atoms with Crippen molar-refractivity contribution in [1.29, 1.82) is 0 Å². The Bertz CT molecular complexity index is 516. The summed E-state index contributed by atoms with van der Waals surface area (Å²) in [5, 5.41) is 0. The number of fused-ring (bicyclic) bond motifs is 1. The zero-order valence-electron chi connectivity index (χ0n) is 11.6. The minimum atomic E-state index is -2.60. The fourth-order valence-corrected chi connectivity index (χ4v) is 3.15. The summed E-state index contributed by atoms with van der Waals surface area (Å²) in [5.41, 5.74) is 2.09. The lowest BCUT2D eigenvalue weighted by Gasteiger charge is -2.34. The summed E-state index contributed by atoms with van der Waals surface area (Å²) in [7, 11) is 0. The highest BCUT2D eigenvalue weighted by Gasteiger charge is 2.38. The Morgan fingerprint density at radius 3 is 2.80 bits per heavy atom. The first-order chi connectivity index (χ1) is 9.44. The lowest BCUT2D eigenvalue weighted by molar-refractivity contribution is -0.142. The molecular formula is C14H19F2N3O. The summed E-state index contributed by atoms with van der Waals surface area (Å²) in [4.78, 5) is 21.6. The highest BCUT2D eigenvalue weighted by atomic mass is 19.3. The molecule has 1 fully saturated rings. The van der Waals surface area contributed by atoms with Crippen LogP contribution in [0.2, 0.25) is 0 Å². The Kier molecular flexibility index (Phi) is 3.26. The van der Waals surface area contributed by atoms with Crippen LogP contribution in [-0.4, -0.2) is 39.8 Å². The van der Waals surface area contributed by atoms with Crippen LogP contribution >= 0.6 is 0 Å². The van der Waals surface area contributed by atoms with Crippen molar-refractivity contribution in [2.24, 2.45) is 5.92 Å². The monoisotopic (exact) mass is 283 g/mol. The number of aromatic nitrogens is 2. The maximum absolute atomic E-state index is 13.1. The van der Waals surface area contributed by atoms with Gasteiger partial charge < -0.3 is 9.88 Å². The van der Waals surface area contributed by atoms with Crippen LogP contribution in [0.5, 0.6) is 0 Å². The molecule has 110 valence electrons. The topological polar surface area (TPSA) is 49.0 Å². The first-order valence-corrected chi connectivity index (χ1v) is 7.15. The molecule has 1 aromatic rings. The van der Waals surface area contributed by atoms with Gasteiger partial charge in [0.15, 0.2) is 0 Å². The summed E-state index contributed by atoms with van der Waals surface area (Å²) < 4.78 is 26.3. The highest BCUT2D eigenvalue weighted by molar-refractivity contribution is 5.79. The van der Waals surface area contributed by atoms with Gasteiger partial charge in [0.1, 0.15) is 5.82 Å². The van der Waals surface area contributed by atoms with E-state index in [1.807, 2.05) is 6.92 Å². The number of piperidine rings is 1. The van der Waals surface area contributed by atoms with Crippen molar-refractivity contribution in [3.05, 3.63) is 17.2 Å². The van der Waals surface area contributed by atoms with Crippen LogP contribution in [-0.2, 0) is 17.6 Å². The molecule has 20 heavy (non-hydrogen) atoms. The number of nitrogens with one attached hydrogen (secondary N) is 1. The van der Waals surface area contributed by atoms with E-state index in [0.717, 1.165) is 30.1 Å². The molecule has 1 unspecified atom stereocenters. The normalized spacial score (nSPS) is 25.4. The minimum Gasteiger partial charge on any atom is -0.346 e. The van der Waals surface area contributed by atoms with Crippen LogP contribution in [0.15, 0.2) is 0 Å². The number of H-pyrrole nitrogens is 1. The first-order valence-electron chi connectivity index (χ1n) is 7.15. The van der Waals surface area contributed by atoms with Gasteiger partial charge >= 0.3 is 0 Å². The number of hydrogen-bond acceptors (Lipinski definition) is 2. The second-order valence-electron chi connectivity index (χ2n) is 5.87. The van der Waals surface area contributed by atoms with Gasteiger partial charge in [-0.3, -0.25) is 4.79 Å². The predicted molar refractivity (Wildman–Crippen MR) is 69.6 cm³/mol. The van der Waals surface area contributed by atoms with Crippen molar-refractivity contribution in [2.75, 3.05) is 13.1 Å². The van der Waals surface area contributed by atoms with Gasteiger partial charge in [-0.1, -0.05) is 0 Å². The summed E-state index contributed by atoms with van der Waals surface area (Å²) in [5.74, 6) is -1.79. The largest absolute Gasteiger partial charge is 0.346 e. The van der Waals surface area contributed by atoms with Crippen molar-refractivity contribution in [3.63, 3.8) is 0 Å². The molecule has 4 nitrogen and oxygen atoms in total. The van der Waals surface area contributed by atoms with Crippen LogP contribution in [0.25, 0.3) is 0 Å². The number of carbonyl (C=O) groups is 1. The number of aryl methyl sites for hydroxylation is 2. The third kappa shape index (κ3) is 2.55. The van der Waals surface area contributed by atoms with Crippen molar-refractivity contribution >= 4 is 5.91 Å². The lowest BCUT2D eigenvalue weighted by atomic mass is 9.88. The van der Waals surface area contributed by atoms with Gasteiger partial charge in [-0.15, -0.1) is 0 Å². The van der Waals surface area contributed by atoms with E-state index in [0.29, 0.717) is 6.42 Å². The Balaban J connectivity index is 1.64. The Hall–Kier alpha value is -1.46. The number of carbonyl (C=O) groups excluding carboxylic acids is 1. The molecule has 1 aliphatic carbocycles. The van der Waals surface area contributed by atoms with Crippen molar-refractivity contribution in [3.8, 4) is 0 Å². The van der Waals surface area contributed by atoms with E-state index in [-0.39, 0.29) is 37.8 Å². The Labute approximate surface area is 116 Å². The second kappa shape index (κ2) is 4.82. The molecule has 3 rings (SSSR count). The van der Waals surface area contributed by atoms with E-state index in [2.05, 4.69) is 9.97 Å². The molecule has 1 saturated heterocycles. The van der Waals surface area contributed by atoms with E-state index < -0.39 is 5.92 Å². The summed E-state index contributed by atoms with van der Waals surface area (Å²) in [6, 6.07) is 0. The number of imidazole rings is 1. The first kappa shape index (κ1) is 13.5. The average molecular weight is 283 g/mol. The molecule has 1 atom stereocenters. The number of alkyl halides is 2. The predicted octanol–water partition coefficient (Wildman–Crippen LogP) is 2.08. The SMILES string of the molecule is Cc1nc2c([nH]1)CC(C(=O)N1CCC(F)(F)CC1)CC2. The molecule has 1 aromatic heterocycles. The van der Waals surface area contributed by atoms with Gasteiger partial charge in [0.05, 0.1) is 5.69 Å². The van der Waals surface area contributed by atoms with Gasteiger partial charge in [-0.2, -0.15) is 0 Å². The number of halogens is 2. The van der Waals surface area contributed by atoms with Gasteiger partial charge in [0.2, 0.25) is 5.91 Å². The van der Waals surface area contributed by atoms with Crippen LogP contribution < -0.4 is 0 Å². The number of aromatic amines is 1. The molecular weight excluding hydrogens is 264 g/mol. The standard InChI is InChI=1S/C14H19F2N3O/c1-9-17-11-3-2-10(8-12(11)18-9)13(20)19-6-4-14(15,16)5-7-19/h10H,2-8H2,1H3,(H,17,18). The molecule has 2 heterocycles. The van der Waals surface area contributed by atoms with Gasteiger partial charge in [0, 0.05) is 44.0 Å². The van der Waals surface area contributed by atoms with E-state index in [1.54, 1.807) is 4.90 Å². The van der Waals surface area contributed by atoms with Gasteiger partial charge in [-0.05, 0) is 19.8 Å². The van der Waals surface area contributed by atoms with Crippen molar-refractivity contribution in [1.82, 2.24) is 14.9 Å². The average Bonchev–Trinajstić information content (AvgIpc) is 2.77. The van der Waals surface area contributed by atoms with E-state index >= 15 is 0 Å². The molecule has 1 amide bonds. The van der Waals surface area contributed by atoms with Gasteiger partial charge in [-0.25, -0.2) is 13.8 Å². The lowest BCUT2D eigenvalue weighted by Crippen LogP contribution is -2.46. The number of amides is 1. The molecule has 1 aliphatic heterocycles. The molecule has 6 heteroatoms. The number of likely N-dealkylation sites (tertiary alicyclic amines) is 1. The van der Waals surface area contributed by atoms with Crippen LogP contribution in [0, 0.1) is 12.8 Å². The van der Waals surface area contributed by atoms with Crippen LogP contribution in [0.1, 0.15) is 36.5 Å². The van der Waals surface area contributed by atoms with Crippen LogP contribution in [0.4, 0.5) is 8.78 Å². The minimum absolute atomic E-state index is 0.0263. The zero-order chi connectivity index (χ0) is 14.3. The summed E-state index contributed by atoms with van der Waals surface area (Å²) in [6.45, 7) is 2.26. The van der Waals surface area contributed by atoms with Gasteiger partial charge in [0.25, 0.3) is 5.92 Å². The molecule has 0 saturated carbocycles.